The molecule has 0 radical (unpaired) electrons. The Labute approximate surface area is 92.3 Å². The first kappa shape index (κ1) is 12.3. The zero-order valence-corrected chi connectivity index (χ0v) is 9.62. The van der Waals surface area contributed by atoms with Crippen LogP contribution >= 0.6 is 0 Å². The molecule has 1 N–H and O–H groups in total. The quantitative estimate of drug-likeness (QED) is 0.705. The van der Waals surface area contributed by atoms with E-state index in [0.29, 0.717) is 0 Å². The van der Waals surface area contributed by atoms with Crippen LogP contribution in [0.4, 0.5) is 0 Å². The van der Waals surface area contributed by atoms with Gasteiger partial charge in [0.25, 0.3) is 0 Å². The minimum Gasteiger partial charge on any atom is -0.390 e. The topological polar surface area (TPSA) is 29.5 Å². The van der Waals surface area contributed by atoms with Gasteiger partial charge in [-0.3, -0.25) is 0 Å². The number of ether oxygens (including phenoxy) is 1. The number of rotatable bonds is 2. The fraction of sp³-hybridized carbons (Fsp3) is 0.692. The van der Waals surface area contributed by atoms with Crippen molar-refractivity contribution in [3.8, 4) is 11.8 Å². The Bertz CT molecular complexity index is 270. The minimum absolute atomic E-state index is 0.0622. The van der Waals surface area contributed by atoms with Gasteiger partial charge in [-0.1, -0.05) is 31.3 Å². The van der Waals surface area contributed by atoms with Crippen LogP contribution in [0.25, 0.3) is 0 Å². The monoisotopic (exact) mass is 208 g/mol. The van der Waals surface area contributed by atoms with Crippen LogP contribution in [0.5, 0.6) is 0 Å². The molecule has 0 saturated heterocycles. The van der Waals surface area contributed by atoms with Crippen LogP contribution in [0, 0.1) is 11.8 Å². The lowest BCUT2D eigenvalue weighted by Crippen LogP contribution is -2.39. The van der Waals surface area contributed by atoms with Crippen LogP contribution in [-0.4, -0.2) is 22.9 Å². The van der Waals surface area contributed by atoms with Crippen LogP contribution in [0.3, 0.4) is 0 Å². The van der Waals surface area contributed by atoms with Gasteiger partial charge in [0, 0.05) is 0 Å². The summed E-state index contributed by atoms with van der Waals surface area (Å²) >= 11 is 0. The van der Waals surface area contributed by atoms with Gasteiger partial charge in [0.1, 0.15) is 5.60 Å². The number of aliphatic hydroxyl groups is 1. The molecule has 84 valence electrons. The molecule has 0 aliphatic heterocycles. The summed E-state index contributed by atoms with van der Waals surface area (Å²) in [5.74, 6) is 5.78. The Kier molecular flexibility index (Phi) is 4.38. The molecule has 2 unspecified atom stereocenters. The largest absolute Gasteiger partial charge is 0.390 e. The van der Waals surface area contributed by atoms with Crippen molar-refractivity contribution in [1.82, 2.24) is 0 Å². The summed E-state index contributed by atoms with van der Waals surface area (Å²) in [5.41, 5.74) is -0.503. The standard InChI is InChI=1S/C13H20O2/c1-4-5-10-13(2,3)15-12-9-7-6-8-11(12)14/h4,11-12,14H,1,6-9H2,2-3H3. The van der Waals surface area contributed by atoms with Crippen molar-refractivity contribution in [3.05, 3.63) is 12.7 Å². The molecule has 1 rings (SSSR count). The average molecular weight is 208 g/mol. The Morgan fingerprint density at radius 3 is 2.67 bits per heavy atom. The molecule has 2 atom stereocenters. The second-order valence-electron chi connectivity index (χ2n) is 4.49. The van der Waals surface area contributed by atoms with Crippen molar-refractivity contribution >= 4 is 0 Å². The molecule has 0 aromatic rings. The molecule has 2 heteroatoms. The first-order valence-electron chi connectivity index (χ1n) is 5.54. The Morgan fingerprint density at radius 2 is 2.07 bits per heavy atom. The zero-order valence-electron chi connectivity index (χ0n) is 9.62. The van der Waals surface area contributed by atoms with Crippen molar-refractivity contribution in [2.75, 3.05) is 0 Å². The average Bonchev–Trinajstić information content (AvgIpc) is 2.18. The predicted molar refractivity (Wildman–Crippen MR) is 61.4 cm³/mol. The lowest BCUT2D eigenvalue weighted by molar-refractivity contribution is -0.108. The van der Waals surface area contributed by atoms with Gasteiger partial charge in [0.15, 0.2) is 0 Å². The summed E-state index contributed by atoms with van der Waals surface area (Å²) in [6.45, 7) is 7.39. The number of allylic oxidation sites excluding steroid dienone is 1. The Morgan fingerprint density at radius 1 is 1.40 bits per heavy atom. The molecule has 1 fully saturated rings. The maximum absolute atomic E-state index is 9.76. The number of aliphatic hydroxyl groups excluding tert-OH is 1. The molecule has 0 spiro atoms. The van der Waals surface area contributed by atoms with E-state index in [1.807, 2.05) is 13.8 Å². The van der Waals surface area contributed by atoms with E-state index in [2.05, 4.69) is 18.4 Å². The lowest BCUT2D eigenvalue weighted by atomic mass is 9.94. The molecule has 0 amide bonds. The molecular formula is C13H20O2. The lowest BCUT2D eigenvalue weighted by Gasteiger charge is -2.33. The molecule has 0 aromatic carbocycles. The van der Waals surface area contributed by atoms with Gasteiger partial charge in [0.05, 0.1) is 12.2 Å². The zero-order chi connectivity index (χ0) is 11.3. The highest BCUT2D eigenvalue weighted by molar-refractivity contribution is 5.19. The smallest absolute Gasteiger partial charge is 0.123 e. The maximum atomic E-state index is 9.76. The molecule has 1 saturated carbocycles. The van der Waals surface area contributed by atoms with E-state index in [4.69, 9.17) is 4.74 Å². The van der Waals surface area contributed by atoms with Crippen molar-refractivity contribution < 1.29 is 9.84 Å². The van der Waals surface area contributed by atoms with Crippen molar-refractivity contribution in [2.24, 2.45) is 0 Å². The van der Waals surface area contributed by atoms with E-state index >= 15 is 0 Å². The Balaban J connectivity index is 2.54. The summed E-state index contributed by atoms with van der Waals surface area (Å²) in [6, 6.07) is 0. The summed E-state index contributed by atoms with van der Waals surface area (Å²) < 4.78 is 5.82. The molecule has 2 nitrogen and oxygen atoms in total. The van der Waals surface area contributed by atoms with Gasteiger partial charge in [-0.05, 0) is 32.8 Å². The molecule has 0 bridgehead atoms. The highest BCUT2D eigenvalue weighted by atomic mass is 16.5. The number of hydrogen-bond donors (Lipinski definition) is 1. The van der Waals surface area contributed by atoms with Gasteiger partial charge < -0.3 is 9.84 Å². The van der Waals surface area contributed by atoms with Crippen LogP contribution in [-0.2, 0) is 4.74 Å². The molecular weight excluding hydrogens is 188 g/mol. The second-order valence-corrected chi connectivity index (χ2v) is 4.49. The van der Waals surface area contributed by atoms with Crippen molar-refractivity contribution in [3.63, 3.8) is 0 Å². The minimum atomic E-state index is -0.503. The highest BCUT2D eigenvalue weighted by Gasteiger charge is 2.29. The second kappa shape index (κ2) is 5.34. The van der Waals surface area contributed by atoms with Crippen LogP contribution in [0.2, 0.25) is 0 Å². The normalized spacial score (nSPS) is 26.6. The summed E-state index contributed by atoms with van der Waals surface area (Å²) in [6.07, 6.45) is 5.17. The van der Waals surface area contributed by atoms with Gasteiger partial charge >= 0.3 is 0 Å². The van der Waals surface area contributed by atoms with E-state index in [-0.39, 0.29) is 12.2 Å². The third-order valence-corrected chi connectivity index (χ3v) is 2.59. The van der Waals surface area contributed by atoms with Crippen LogP contribution in [0.15, 0.2) is 12.7 Å². The van der Waals surface area contributed by atoms with Crippen LogP contribution < -0.4 is 0 Å². The van der Waals surface area contributed by atoms with Gasteiger partial charge in [-0.15, -0.1) is 0 Å². The summed E-state index contributed by atoms with van der Waals surface area (Å²) in [5, 5.41) is 9.76. The maximum Gasteiger partial charge on any atom is 0.123 e. The van der Waals surface area contributed by atoms with Gasteiger partial charge in [-0.25, -0.2) is 0 Å². The first-order valence-corrected chi connectivity index (χ1v) is 5.54. The fourth-order valence-corrected chi connectivity index (χ4v) is 1.85. The first-order chi connectivity index (χ1) is 7.05. The fourth-order valence-electron chi connectivity index (χ4n) is 1.85. The molecule has 0 aromatic heterocycles. The number of hydrogen-bond acceptors (Lipinski definition) is 2. The third-order valence-electron chi connectivity index (χ3n) is 2.59. The third kappa shape index (κ3) is 4.07. The van der Waals surface area contributed by atoms with E-state index in [9.17, 15) is 5.11 Å². The molecule has 1 aliphatic rings. The summed E-state index contributed by atoms with van der Waals surface area (Å²) in [7, 11) is 0. The SMILES string of the molecule is C=CC#CC(C)(C)OC1CCCCC1O. The van der Waals surface area contributed by atoms with Crippen molar-refractivity contribution in [2.45, 2.75) is 57.3 Å². The molecule has 15 heavy (non-hydrogen) atoms. The van der Waals surface area contributed by atoms with E-state index in [0.717, 1.165) is 25.7 Å². The molecule has 1 aliphatic carbocycles. The predicted octanol–water partition coefficient (Wildman–Crippen LogP) is 2.27. The molecule has 0 heterocycles. The van der Waals surface area contributed by atoms with Gasteiger partial charge in [0.2, 0.25) is 0 Å². The Hall–Kier alpha value is -0.780. The van der Waals surface area contributed by atoms with E-state index < -0.39 is 5.60 Å². The summed E-state index contributed by atoms with van der Waals surface area (Å²) in [4.78, 5) is 0. The van der Waals surface area contributed by atoms with Gasteiger partial charge in [-0.2, -0.15) is 0 Å². The highest BCUT2D eigenvalue weighted by Crippen LogP contribution is 2.25. The van der Waals surface area contributed by atoms with E-state index in [1.54, 1.807) is 6.08 Å². The van der Waals surface area contributed by atoms with Crippen LogP contribution in [0.1, 0.15) is 39.5 Å². The van der Waals surface area contributed by atoms with E-state index in [1.165, 1.54) is 0 Å². The van der Waals surface area contributed by atoms with Crippen molar-refractivity contribution in [1.29, 1.82) is 0 Å².